The number of methoxy groups -OCH3 is 2. The first-order valence-electron chi connectivity index (χ1n) is 7.21. The third-order valence-electron chi connectivity index (χ3n) is 3.84. The summed E-state index contributed by atoms with van der Waals surface area (Å²) in [6.45, 7) is 0. The standard InChI is InChI=1S/C17H13ClN4O2/c1-23-12-5-10(6-13(8-12)24-2)14-7-11-9-20-17(18)21-15(11)22-4-3-19-16(14)22/h3-9H,1-2H3. The Labute approximate surface area is 142 Å². The molecule has 0 N–H and O–H groups in total. The third kappa shape index (κ3) is 2.32. The number of ether oxygens (including phenoxy) is 2. The lowest BCUT2D eigenvalue weighted by molar-refractivity contribution is 0.394. The molecule has 4 rings (SSSR count). The van der Waals surface area contributed by atoms with E-state index in [1.165, 1.54) is 0 Å². The van der Waals surface area contributed by atoms with Gasteiger partial charge in [0.1, 0.15) is 17.1 Å². The van der Waals surface area contributed by atoms with Crippen LogP contribution >= 0.6 is 11.6 Å². The highest BCUT2D eigenvalue weighted by atomic mass is 35.5. The van der Waals surface area contributed by atoms with Crippen LogP contribution in [0, 0.1) is 0 Å². The maximum absolute atomic E-state index is 5.93. The van der Waals surface area contributed by atoms with Gasteiger partial charge in [-0.25, -0.2) is 9.97 Å². The number of imidazole rings is 1. The lowest BCUT2D eigenvalue weighted by Crippen LogP contribution is -1.96. The molecule has 1 aromatic carbocycles. The highest BCUT2D eigenvalue weighted by molar-refractivity contribution is 6.28. The van der Waals surface area contributed by atoms with Crippen molar-refractivity contribution in [2.75, 3.05) is 14.2 Å². The van der Waals surface area contributed by atoms with Crippen LogP contribution in [0.4, 0.5) is 0 Å². The van der Waals surface area contributed by atoms with E-state index in [4.69, 9.17) is 21.1 Å². The molecule has 3 aromatic heterocycles. The van der Waals surface area contributed by atoms with Gasteiger partial charge in [-0.2, -0.15) is 4.98 Å². The van der Waals surface area contributed by atoms with Crippen molar-refractivity contribution in [1.82, 2.24) is 19.4 Å². The normalized spacial score (nSPS) is 11.1. The molecule has 24 heavy (non-hydrogen) atoms. The largest absolute Gasteiger partial charge is 0.497 e. The highest BCUT2D eigenvalue weighted by Crippen LogP contribution is 2.33. The fraction of sp³-hybridized carbons (Fsp3) is 0.118. The zero-order valence-electron chi connectivity index (χ0n) is 13.0. The third-order valence-corrected chi connectivity index (χ3v) is 4.02. The number of fused-ring (bicyclic) bond motifs is 3. The summed E-state index contributed by atoms with van der Waals surface area (Å²) in [5.74, 6) is 1.42. The minimum absolute atomic E-state index is 0.202. The highest BCUT2D eigenvalue weighted by Gasteiger charge is 2.13. The van der Waals surface area contributed by atoms with Gasteiger partial charge in [-0.3, -0.25) is 4.40 Å². The summed E-state index contributed by atoms with van der Waals surface area (Å²) in [5, 5.41) is 1.06. The van der Waals surface area contributed by atoms with Crippen molar-refractivity contribution in [2.24, 2.45) is 0 Å². The maximum Gasteiger partial charge on any atom is 0.224 e. The molecule has 0 amide bonds. The molecule has 0 radical (unpaired) electrons. The lowest BCUT2D eigenvalue weighted by Gasteiger charge is -2.11. The van der Waals surface area contributed by atoms with Gasteiger partial charge in [0.15, 0.2) is 5.65 Å². The minimum atomic E-state index is 0.202. The molecular formula is C17H13ClN4O2. The molecule has 0 fully saturated rings. The molecule has 6 nitrogen and oxygen atoms in total. The van der Waals surface area contributed by atoms with Crippen molar-refractivity contribution < 1.29 is 9.47 Å². The summed E-state index contributed by atoms with van der Waals surface area (Å²) in [5.41, 5.74) is 3.34. The SMILES string of the molecule is COc1cc(OC)cc(-c2cc3cnc(Cl)nc3n3ccnc23)c1. The van der Waals surface area contributed by atoms with Crippen LogP contribution in [0.3, 0.4) is 0 Å². The van der Waals surface area contributed by atoms with Gasteiger partial charge in [0.2, 0.25) is 5.28 Å². The molecule has 0 aliphatic carbocycles. The van der Waals surface area contributed by atoms with Crippen LogP contribution in [-0.4, -0.2) is 33.6 Å². The van der Waals surface area contributed by atoms with Gasteiger partial charge in [-0.05, 0) is 35.4 Å². The number of pyridine rings is 1. The van der Waals surface area contributed by atoms with Crippen molar-refractivity contribution in [3.63, 3.8) is 0 Å². The van der Waals surface area contributed by atoms with Crippen LogP contribution in [0.1, 0.15) is 0 Å². The van der Waals surface area contributed by atoms with E-state index in [0.717, 1.165) is 22.2 Å². The molecular weight excluding hydrogens is 328 g/mol. The Kier molecular flexibility index (Phi) is 3.46. The Morgan fingerprint density at radius 3 is 2.42 bits per heavy atom. The monoisotopic (exact) mass is 340 g/mol. The number of halogens is 1. The molecule has 0 unspecified atom stereocenters. The first kappa shape index (κ1) is 14.7. The molecule has 0 bridgehead atoms. The molecule has 0 spiro atoms. The number of nitrogens with zero attached hydrogens (tertiary/aromatic N) is 4. The first-order valence-corrected chi connectivity index (χ1v) is 7.59. The van der Waals surface area contributed by atoms with Gasteiger partial charge < -0.3 is 9.47 Å². The van der Waals surface area contributed by atoms with Crippen LogP contribution in [-0.2, 0) is 0 Å². The van der Waals surface area contributed by atoms with Gasteiger partial charge in [0.25, 0.3) is 0 Å². The summed E-state index contributed by atoms with van der Waals surface area (Å²) >= 11 is 5.93. The summed E-state index contributed by atoms with van der Waals surface area (Å²) in [7, 11) is 3.25. The number of hydrogen-bond acceptors (Lipinski definition) is 5. The van der Waals surface area contributed by atoms with Crippen LogP contribution in [0.5, 0.6) is 11.5 Å². The lowest BCUT2D eigenvalue weighted by atomic mass is 10.0. The van der Waals surface area contributed by atoms with Crippen molar-refractivity contribution >= 4 is 28.3 Å². The van der Waals surface area contributed by atoms with Crippen LogP contribution in [0.2, 0.25) is 5.28 Å². The Balaban J connectivity index is 2.06. The van der Waals surface area contributed by atoms with Crippen LogP contribution in [0.15, 0.2) is 42.9 Å². The van der Waals surface area contributed by atoms with Crippen LogP contribution < -0.4 is 9.47 Å². The van der Waals surface area contributed by atoms with Crippen molar-refractivity contribution in [3.05, 3.63) is 48.1 Å². The number of hydrogen-bond donors (Lipinski definition) is 0. The van der Waals surface area contributed by atoms with Crippen molar-refractivity contribution in [1.29, 1.82) is 0 Å². The second kappa shape index (κ2) is 5.65. The Morgan fingerprint density at radius 1 is 0.958 bits per heavy atom. The van der Waals surface area contributed by atoms with Crippen molar-refractivity contribution in [3.8, 4) is 22.6 Å². The summed E-state index contributed by atoms with van der Waals surface area (Å²) < 4.78 is 12.6. The van der Waals surface area contributed by atoms with Gasteiger partial charge in [-0.1, -0.05) is 0 Å². The minimum Gasteiger partial charge on any atom is -0.497 e. The molecule has 0 aliphatic heterocycles. The summed E-state index contributed by atoms with van der Waals surface area (Å²) in [6, 6.07) is 7.70. The zero-order valence-corrected chi connectivity index (χ0v) is 13.8. The number of rotatable bonds is 3. The second-order valence-corrected chi connectivity index (χ2v) is 5.54. The van der Waals surface area contributed by atoms with E-state index < -0.39 is 0 Å². The molecule has 3 heterocycles. The van der Waals surface area contributed by atoms with Gasteiger partial charge >= 0.3 is 0 Å². The Morgan fingerprint density at radius 2 is 1.71 bits per heavy atom. The fourth-order valence-electron chi connectivity index (χ4n) is 2.73. The zero-order chi connectivity index (χ0) is 16.7. The van der Waals surface area contributed by atoms with E-state index in [-0.39, 0.29) is 5.28 Å². The van der Waals surface area contributed by atoms with E-state index in [0.29, 0.717) is 17.1 Å². The Hall–Kier alpha value is -2.86. The van der Waals surface area contributed by atoms with E-state index in [2.05, 4.69) is 15.0 Å². The number of benzene rings is 1. The maximum atomic E-state index is 5.93. The van der Waals surface area contributed by atoms with E-state index in [1.807, 2.05) is 34.9 Å². The average Bonchev–Trinajstić information content (AvgIpc) is 3.10. The molecule has 0 atom stereocenters. The smallest absolute Gasteiger partial charge is 0.224 e. The first-order chi connectivity index (χ1) is 11.7. The molecule has 4 aromatic rings. The van der Waals surface area contributed by atoms with Gasteiger partial charge in [0, 0.05) is 35.6 Å². The average molecular weight is 341 g/mol. The van der Waals surface area contributed by atoms with Crippen LogP contribution in [0.25, 0.3) is 27.8 Å². The quantitative estimate of drug-likeness (QED) is 0.533. The van der Waals surface area contributed by atoms with E-state index in [1.54, 1.807) is 26.6 Å². The van der Waals surface area contributed by atoms with E-state index >= 15 is 0 Å². The number of aromatic nitrogens is 4. The fourth-order valence-corrected chi connectivity index (χ4v) is 2.85. The molecule has 120 valence electrons. The Bertz CT molecular complexity index is 1040. The summed E-state index contributed by atoms with van der Waals surface area (Å²) in [6.07, 6.45) is 5.28. The van der Waals surface area contributed by atoms with Gasteiger partial charge in [0.05, 0.1) is 14.2 Å². The van der Waals surface area contributed by atoms with Crippen molar-refractivity contribution in [2.45, 2.75) is 0 Å². The van der Waals surface area contributed by atoms with E-state index in [9.17, 15) is 0 Å². The predicted octanol–water partition coefficient (Wildman–Crippen LogP) is 3.62. The molecule has 0 saturated heterocycles. The second-order valence-electron chi connectivity index (χ2n) is 5.20. The molecule has 7 heteroatoms. The topological polar surface area (TPSA) is 61.5 Å². The predicted molar refractivity (Wildman–Crippen MR) is 91.8 cm³/mol. The molecule has 0 aliphatic rings. The molecule has 0 saturated carbocycles. The van der Waals surface area contributed by atoms with Gasteiger partial charge in [-0.15, -0.1) is 0 Å². The summed E-state index contributed by atoms with van der Waals surface area (Å²) in [4.78, 5) is 12.8.